The number of halogens is 1. The van der Waals surface area contributed by atoms with E-state index in [1.165, 1.54) is 23.3 Å². The monoisotopic (exact) mass is 271 g/mol. The second-order valence-electron chi connectivity index (χ2n) is 3.56. The number of nitrogens with zero attached hydrogens (tertiary/aromatic N) is 2. The quantitative estimate of drug-likeness (QED) is 0.624. The van der Waals surface area contributed by atoms with Crippen LogP contribution in [0.4, 0.5) is 5.82 Å². The number of hydrogen-bond acceptors (Lipinski definition) is 4. The summed E-state index contributed by atoms with van der Waals surface area (Å²) >= 11 is 5.70. The van der Waals surface area contributed by atoms with Crippen molar-refractivity contribution in [1.29, 1.82) is 0 Å². The summed E-state index contributed by atoms with van der Waals surface area (Å²) in [5.41, 5.74) is 0. The zero-order valence-corrected chi connectivity index (χ0v) is 10.7. The van der Waals surface area contributed by atoms with Gasteiger partial charge >= 0.3 is 0 Å². The Kier molecular flexibility index (Phi) is 5.38. The topological polar surface area (TPSA) is 75.4 Å². The normalized spacial score (nSPS) is 11.7. The Morgan fingerprint density at radius 2 is 2.44 bits per heavy atom. The van der Waals surface area contributed by atoms with E-state index in [4.69, 9.17) is 11.6 Å². The largest absolute Gasteiger partial charge is 0.363 e. The molecule has 0 aromatic carbocycles. The van der Waals surface area contributed by atoms with Crippen LogP contribution in [0.3, 0.4) is 0 Å². The van der Waals surface area contributed by atoms with Gasteiger partial charge in [0.15, 0.2) is 5.82 Å². The van der Waals surface area contributed by atoms with E-state index < -0.39 is 5.38 Å². The molecule has 0 radical (unpaired) electrons. The molecule has 18 heavy (non-hydrogen) atoms. The zero-order valence-electron chi connectivity index (χ0n) is 9.93. The Labute approximate surface area is 110 Å². The van der Waals surface area contributed by atoms with Crippen LogP contribution in [0.25, 0.3) is 0 Å². The molecule has 0 aliphatic heterocycles. The fourth-order valence-electron chi connectivity index (χ4n) is 1.27. The van der Waals surface area contributed by atoms with Crippen LogP contribution in [0, 0.1) is 0 Å². The summed E-state index contributed by atoms with van der Waals surface area (Å²) in [5.74, 6) is -0.409. The molecule has 0 aliphatic carbocycles. The first-order valence-electron chi connectivity index (χ1n) is 5.28. The van der Waals surface area contributed by atoms with Crippen LogP contribution < -0.4 is 5.32 Å². The number of nitrogens with one attached hydrogen (secondary N) is 1. The van der Waals surface area contributed by atoms with Crippen LogP contribution in [-0.4, -0.2) is 40.3 Å². The molecule has 1 atom stereocenters. The predicted octanol–water partition coefficient (Wildman–Crippen LogP) is 1.25. The Balaban J connectivity index is 2.57. The average molecular weight is 272 g/mol. The smallest absolute Gasteiger partial charge is 0.245 e. The van der Waals surface area contributed by atoms with Gasteiger partial charge in [-0.15, -0.1) is 18.2 Å². The molecule has 0 saturated carbocycles. The van der Waals surface area contributed by atoms with E-state index in [2.05, 4.69) is 21.6 Å². The van der Waals surface area contributed by atoms with Crippen molar-refractivity contribution in [2.24, 2.45) is 0 Å². The van der Waals surface area contributed by atoms with Crippen molar-refractivity contribution in [2.45, 2.75) is 12.3 Å². The number of amides is 2. The Morgan fingerprint density at radius 3 is 2.94 bits per heavy atom. The minimum Gasteiger partial charge on any atom is -0.363 e. The van der Waals surface area contributed by atoms with Crippen molar-refractivity contribution in [3.63, 3.8) is 0 Å². The van der Waals surface area contributed by atoms with Gasteiger partial charge in [0.1, 0.15) is 18.2 Å². The molecule has 0 fully saturated rings. The van der Waals surface area contributed by atoms with Crippen molar-refractivity contribution >= 4 is 29.2 Å². The van der Waals surface area contributed by atoms with E-state index in [1.54, 1.807) is 6.92 Å². The summed E-state index contributed by atoms with van der Waals surface area (Å²) in [7, 11) is 0. The highest BCUT2D eigenvalue weighted by Gasteiger charge is 2.20. The SMILES string of the molecule is C=CCN(CC(=O)Nc1ccon1)C(=O)C(C)Cl. The molecular weight excluding hydrogens is 258 g/mol. The third-order valence-electron chi connectivity index (χ3n) is 2.04. The molecule has 0 aliphatic rings. The third kappa shape index (κ3) is 4.21. The molecule has 1 heterocycles. The van der Waals surface area contributed by atoms with E-state index in [9.17, 15) is 9.59 Å². The second-order valence-corrected chi connectivity index (χ2v) is 4.21. The second kappa shape index (κ2) is 6.80. The lowest BCUT2D eigenvalue weighted by molar-refractivity contribution is -0.133. The van der Waals surface area contributed by atoms with Crippen LogP contribution in [0.1, 0.15) is 6.92 Å². The lowest BCUT2D eigenvalue weighted by atomic mass is 10.3. The molecule has 1 unspecified atom stereocenters. The number of anilines is 1. The van der Waals surface area contributed by atoms with Gasteiger partial charge in [0.25, 0.3) is 0 Å². The molecule has 7 heteroatoms. The lowest BCUT2D eigenvalue weighted by Crippen LogP contribution is -2.41. The molecule has 0 spiro atoms. The van der Waals surface area contributed by atoms with Crippen LogP contribution in [0.2, 0.25) is 0 Å². The van der Waals surface area contributed by atoms with Gasteiger partial charge in [-0.1, -0.05) is 11.2 Å². The van der Waals surface area contributed by atoms with Crippen molar-refractivity contribution in [1.82, 2.24) is 10.1 Å². The first-order valence-corrected chi connectivity index (χ1v) is 5.72. The summed E-state index contributed by atoms with van der Waals surface area (Å²) in [6.07, 6.45) is 2.86. The van der Waals surface area contributed by atoms with Gasteiger partial charge in [-0.05, 0) is 6.92 Å². The first-order chi connectivity index (χ1) is 8.54. The summed E-state index contributed by atoms with van der Waals surface area (Å²) in [5, 5.41) is 5.33. The first kappa shape index (κ1) is 14.2. The molecule has 1 N–H and O–H groups in total. The number of carbonyl (C=O) groups excluding carboxylic acids is 2. The minimum atomic E-state index is -0.690. The number of rotatable bonds is 6. The maximum atomic E-state index is 11.7. The lowest BCUT2D eigenvalue weighted by Gasteiger charge is -2.21. The maximum absolute atomic E-state index is 11.7. The van der Waals surface area contributed by atoms with Crippen molar-refractivity contribution < 1.29 is 14.1 Å². The standard InChI is InChI=1S/C11H14ClN3O3/c1-3-5-15(11(17)8(2)12)7-10(16)13-9-4-6-18-14-9/h3-4,6,8H,1,5,7H2,2H3,(H,13,14,16). The molecule has 1 aromatic rings. The highest BCUT2D eigenvalue weighted by Crippen LogP contribution is 2.04. The Bertz CT molecular complexity index is 417. The number of aromatic nitrogens is 1. The van der Waals surface area contributed by atoms with Gasteiger partial charge < -0.3 is 14.7 Å². The van der Waals surface area contributed by atoms with E-state index in [-0.39, 0.29) is 24.9 Å². The highest BCUT2D eigenvalue weighted by molar-refractivity contribution is 6.30. The van der Waals surface area contributed by atoms with Crippen molar-refractivity contribution in [2.75, 3.05) is 18.4 Å². The van der Waals surface area contributed by atoms with Gasteiger partial charge in [0.2, 0.25) is 11.8 Å². The van der Waals surface area contributed by atoms with Crippen molar-refractivity contribution in [3.8, 4) is 0 Å². The number of alkyl halides is 1. The van der Waals surface area contributed by atoms with E-state index in [0.717, 1.165) is 0 Å². The summed E-state index contributed by atoms with van der Waals surface area (Å²) in [6, 6.07) is 1.50. The molecule has 98 valence electrons. The Morgan fingerprint density at radius 1 is 1.72 bits per heavy atom. The summed E-state index contributed by atoms with van der Waals surface area (Å²) in [4.78, 5) is 24.7. The van der Waals surface area contributed by atoms with E-state index >= 15 is 0 Å². The average Bonchev–Trinajstić information content (AvgIpc) is 2.80. The summed E-state index contributed by atoms with van der Waals surface area (Å²) < 4.78 is 4.57. The van der Waals surface area contributed by atoms with E-state index in [0.29, 0.717) is 5.82 Å². The number of carbonyl (C=O) groups is 2. The molecule has 0 bridgehead atoms. The van der Waals surface area contributed by atoms with Crippen LogP contribution in [0.5, 0.6) is 0 Å². The number of hydrogen-bond donors (Lipinski definition) is 1. The molecule has 1 rings (SSSR count). The fraction of sp³-hybridized carbons (Fsp3) is 0.364. The van der Waals surface area contributed by atoms with Gasteiger partial charge in [0, 0.05) is 12.6 Å². The molecular formula is C11H14ClN3O3. The maximum Gasteiger partial charge on any atom is 0.245 e. The molecule has 1 aromatic heterocycles. The van der Waals surface area contributed by atoms with Gasteiger partial charge in [-0.2, -0.15) is 0 Å². The molecule has 0 saturated heterocycles. The zero-order chi connectivity index (χ0) is 13.5. The van der Waals surface area contributed by atoms with Gasteiger partial charge in [-0.3, -0.25) is 9.59 Å². The van der Waals surface area contributed by atoms with Crippen LogP contribution in [0.15, 0.2) is 29.5 Å². The Hall–Kier alpha value is -1.82. The molecule has 6 nitrogen and oxygen atoms in total. The molecule has 2 amide bonds. The summed E-state index contributed by atoms with van der Waals surface area (Å²) in [6.45, 7) is 5.22. The van der Waals surface area contributed by atoms with Gasteiger partial charge in [-0.25, -0.2) is 0 Å². The highest BCUT2D eigenvalue weighted by atomic mass is 35.5. The van der Waals surface area contributed by atoms with Crippen LogP contribution >= 0.6 is 11.6 Å². The minimum absolute atomic E-state index is 0.116. The van der Waals surface area contributed by atoms with Crippen LogP contribution in [-0.2, 0) is 9.59 Å². The predicted molar refractivity (Wildman–Crippen MR) is 67.2 cm³/mol. The van der Waals surface area contributed by atoms with E-state index in [1.807, 2.05) is 0 Å². The van der Waals surface area contributed by atoms with Crippen molar-refractivity contribution in [3.05, 3.63) is 25.0 Å². The van der Waals surface area contributed by atoms with Gasteiger partial charge in [0.05, 0.1) is 0 Å². The fourth-order valence-corrected chi connectivity index (χ4v) is 1.41. The third-order valence-corrected chi connectivity index (χ3v) is 2.23.